The third-order valence-electron chi connectivity index (χ3n) is 18.4. The van der Waals surface area contributed by atoms with Crippen LogP contribution < -0.4 is 34.0 Å². The minimum atomic E-state index is 0.0283. The van der Waals surface area contributed by atoms with Crippen molar-refractivity contribution in [3.05, 3.63) is 147 Å². The van der Waals surface area contributed by atoms with Crippen LogP contribution in [0.1, 0.15) is 145 Å². The molecule has 82 heavy (non-hydrogen) atoms. The van der Waals surface area contributed by atoms with Crippen LogP contribution in [0.2, 0.25) is 0 Å². The molecule has 0 bridgehead atoms. The van der Waals surface area contributed by atoms with Gasteiger partial charge in [-0.1, -0.05) is 93.1 Å². The van der Waals surface area contributed by atoms with Crippen molar-refractivity contribution < 1.29 is 19.1 Å². The van der Waals surface area contributed by atoms with Gasteiger partial charge in [-0.15, -0.1) is 0 Å². The standard InChI is InChI=1S/C34H43N5O2.C33H42N6O2/c1-23-9-8-10-24(2)32(23)38-22-28-21-35-31(36-33(28)39(34(38)40)29-11-6-5-7-12-29)20-27-14-13-26(19-30(27)41-4)25-15-17-37(3)18-16-25;1-23-9-8-10-24(2)31(23)38-22-26-21-34-30(35-32(26)39(33(38)40)27-11-6-5-7-12-27)19-25-13-14-28(20-29(25)41-4)37-17-15-36(3)16-18-37/h8-10,13-14,19,21,25,29H,5-7,11-12,15-18,20,22H2,1-4H3;8-10,13-14,20-21,27H,5-7,11-12,15-19,22H2,1-4H3. The number of aromatic nitrogens is 4. The van der Waals surface area contributed by atoms with Crippen LogP contribution >= 0.6 is 0 Å². The fourth-order valence-electron chi connectivity index (χ4n) is 13.7. The van der Waals surface area contributed by atoms with Gasteiger partial charge in [-0.25, -0.2) is 29.5 Å². The summed E-state index contributed by atoms with van der Waals surface area (Å²) in [6, 6.07) is 25.9. The lowest BCUT2D eigenvalue weighted by Crippen LogP contribution is -2.53. The van der Waals surface area contributed by atoms with Crippen LogP contribution in [-0.2, 0) is 25.9 Å². The Balaban J connectivity index is 0.000000172. The molecule has 2 aliphatic carbocycles. The Morgan fingerprint density at radius 1 is 0.512 bits per heavy atom. The molecule has 4 fully saturated rings. The van der Waals surface area contributed by atoms with Gasteiger partial charge in [0, 0.05) is 97.5 Å². The third kappa shape index (κ3) is 12.0. The number of para-hydroxylation sites is 2. The molecule has 4 aromatic carbocycles. The molecule has 2 aromatic heterocycles. The fraction of sp³-hybridized carbons (Fsp3) is 0.493. The first-order chi connectivity index (χ1) is 39.8. The summed E-state index contributed by atoms with van der Waals surface area (Å²) in [5, 5.41) is 0. The van der Waals surface area contributed by atoms with Crippen molar-refractivity contribution in [2.45, 2.75) is 149 Å². The number of hydrogen-bond donors (Lipinski definition) is 0. The van der Waals surface area contributed by atoms with Gasteiger partial charge in [-0.05, 0) is 139 Å². The third-order valence-corrected chi connectivity index (χ3v) is 18.4. The van der Waals surface area contributed by atoms with Gasteiger partial charge in [-0.3, -0.25) is 19.6 Å². The molecule has 0 unspecified atom stereocenters. The summed E-state index contributed by atoms with van der Waals surface area (Å²) in [4.78, 5) is 63.3. The lowest BCUT2D eigenvalue weighted by molar-refractivity contribution is 0.243. The number of benzene rings is 4. The Bertz CT molecular complexity index is 2990. The number of ether oxygens (including phenoxy) is 2. The number of carbonyl (C=O) groups excluding carboxylic acids is 2. The summed E-state index contributed by atoms with van der Waals surface area (Å²) >= 11 is 0. The van der Waals surface area contributed by atoms with Gasteiger partial charge in [0.15, 0.2) is 0 Å². The van der Waals surface area contributed by atoms with E-state index in [2.05, 4.69) is 129 Å². The average molecular weight is 1110 g/mol. The molecule has 2 saturated heterocycles. The number of piperidine rings is 1. The van der Waals surface area contributed by atoms with Crippen molar-refractivity contribution in [1.82, 2.24) is 29.7 Å². The molecule has 4 aliphatic heterocycles. The first-order valence-corrected chi connectivity index (χ1v) is 30.3. The molecule has 2 saturated carbocycles. The monoisotopic (exact) mass is 1110 g/mol. The maximum Gasteiger partial charge on any atom is 0.330 e. The molecule has 6 heterocycles. The molecule has 15 heteroatoms. The van der Waals surface area contributed by atoms with E-state index in [0.29, 0.717) is 37.7 Å². The van der Waals surface area contributed by atoms with E-state index in [1.54, 1.807) is 14.2 Å². The normalized spacial score (nSPS) is 18.8. The van der Waals surface area contributed by atoms with Crippen LogP contribution in [0.4, 0.5) is 38.3 Å². The Morgan fingerprint density at radius 3 is 1.41 bits per heavy atom. The van der Waals surface area contributed by atoms with Crippen molar-refractivity contribution in [1.29, 1.82) is 0 Å². The summed E-state index contributed by atoms with van der Waals surface area (Å²) in [6.45, 7) is 15.7. The SMILES string of the molecule is COc1cc(C2CCN(C)CC2)ccc1Cc1ncc2c(n1)N(C1CCCCC1)C(=O)N(c1c(C)cccc1C)C2.COc1cc(N2CCN(C)CC2)ccc1Cc1ncc2c(n1)N(C1CCCCC1)C(=O)N(c1c(C)cccc1C)C2. The summed E-state index contributed by atoms with van der Waals surface area (Å²) in [5.74, 6) is 5.32. The van der Waals surface area contributed by atoms with Crippen LogP contribution in [0.15, 0.2) is 85.2 Å². The number of aryl methyl sites for hydroxylation is 4. The van der Waals surface area contributed by atoms with Crippen molar-refractivity contribution in [2.24, 2.45) is 0 Å². The van der Waals surface area contributed by atoms with Crippen LogP contribution in [0.5, 0.6) is 11.5 Å². The number of piperazine rings is 1. The number of rotatable bonds is 12. The number of likely N-dealkylation sites (tertiary alicyclic amines) is 1. The molecule has 6 aliphatic rings. The van der Waals surface area contributed by atoms with Crippen LogP contribution in [0.3, 0.4) is 0 Å². The Morgan fingerprint density at radius 2 is 0.951 bits per heavy atom. The minimum Gasteiger partial charge on any atom is -0.496 e. The van der Waals surface area contributed by atoms with E-state index in [4.69, 9.17) is 29.4 Å². The molecule has 15 nitrogen and oxygen atoms in total. The highest BCUT2D eigenvalue weighted by atomic mass is 16.5. The first kappa shape index (κ1) is 56.7. The zero-order valence-corrected chi connectivity index (χ0v) is 49.9. The van der Waals surface area contributed by atoms with E-state index < -0.39 is 0 Å². The van der Waals surface area contributed by atoms with Gasteiger partial charge in [0.05, 0.1) is 38.7 Å². The number of amides is 4. The van der Waals surface area contributed by atoms with Crippen molar-refractivity contribution in [3.63, 3.8) is 0 Å². The smallest absolute Gasteiger partial charge is 0.330 e. The van der Waals surface area contributed by atoms with E-state index in [-0.39, 0.29) is 24.1 Å². The molecule has 12 rings (SSSR count). The molecule has 0 spiro atoms. The zero-order valence-electron chi connectivity index (χ0n) is 49.9. The molecule has 432 valence electrons. The lowest BCUT2D eigenvalue weighted by atomic mass is 9.88. The molecule has 6 aromatic rings. The second-order valence-electron chi connectivity index (χ2n) is 24.1. The lowest BCUT2D eigenvalue weighted by Gasteiger charge is -2.42. The largest absolute Gasteiger partial charge is 0.496 e. The Hall–Kier alpha value is -7.10. The number of nitrogens with zero attached hydrogens (tertiary/aromatic N) is 11. The van der Waals surface area contributed by atoms with Gasteiger partial charge >= 0.3 is 12.1 Å². The van der Waals surface area contributed by atoms with E-state index in [0.717, 1.165) is 175 Å². The van der Waals surface area contributed by atoms with Crippen molar-refractivity contribution in [2.75, 3.05) is 92.1 Å². The second kappa shape index (κ2) is 25.2. The van der Waals surface area contributed by atoms with Crippen LogP contribution in [-0.4, -0.2) is 121 Å². The zero-order chi connectivity index (χ0) is 57.0. The highest BCUT2D eigenvalue weighted by molar-refractivity contribution is 6.07. The maximum absolute atomic E-state index is 14.2. The molecular weight excluding hydrogens is 1020 g/mol. The summed E-state index contributed by atoms with van der Waals surface area (Å²) in [7, 11) is 7.84. The number of fused-ring (bicyclic) bond motifs is 2. The van der Waals surface area contributed by atoms with Crippen molar-refractivity contribution >= 4 is 40.8 Å². The average Bonchev–Trinajstić information content (AvgIpc) is 3.65. The number of carbonyl (C=O) groups is 2. The molecule has 0 N–H and O–H groups in total. The van der Waals surface area contributed by atoms with Crippen LogP contribution in [0.25, 0.3) is 0 Å². The van der Waals surface area contributed by atoms with Gasteiger partial charge in [0.2, 0.25) is 0 Å². The maximum atomic E-state index is 14.2. The molecule has 0 radical (unpaired) electrons. The van der Waals surface area contributed by atoms with Gasteiger partial charge in [-0.2, -0.15) is 0 Å². The van der Waals surface area contributed by atoms with E-state index in [1.165, 1.54) is 36.9 Å². The number of urea groups is 2. The minimum absolute atomic E-state index is 0.0283. The Kier molecular flexibility index (Phi) is 17.4. The fourth-order valence-corrected chi connectivity index (χ4v) is 13.7. The first-order valence-electron chi connectivity index (χ1n) is 30.3. The summed E-state index contributed by atoms with van der Waals surface area (Å²) in [6.07, 6.45) is 18.4. The summed E-state index contributed by atoms with van der Waals surface area (Å²) < 4.78 is 11.7. The predicted molar refractivity (Wildman–Crippen MR) is 329 cm³/mol. The highest BCUT2D eigenvalue weighted by Gasteiger charge is 2.41. The van der Waals surface area contributed by atoms with E-state index in [9.17, 15) is 9.59 Å². The van der Waals surface area contributed by atoms with Crippen LogP contribution in [0, 0.1) is 27.7 Å². The predicted octanol–water partition coefficient (Wildman–Crippen LogP) is 12.5. The molecule has 0 atom stereocenters. The van der Waals surface area contributed by atoms with Gasteiger partial charge in [0.25, 0.3) is 0 Å². The number of hydrogen-bond acceptors (Lipinski definition) is 11. The number of methoxy groups -OCH3 is 2. The second-order valence-corrected chi connectivity index (χ2v) is 24.1. The topological polar surface area (TPSA) is 127 Å². The van der Waals surface area contributed by atoms with E-state index in [1.807, 2.05) is 32.0 Å². The quantitative estimate of drug-likeness (QED) is 0.116. The number of likely N-dealkylation sites (N-methyl/N-ethyl adjacent to an activating group) is 1. The van der Waals surface area contributed by atoms with Crippen molar-refractivity contribution in [3.8, 4) is 11.5 Å². The highest BCUT2D eigenvalue weighted by Crippen LogP contribution is 2.41. The summed E-state index contributed by atoms with van der Waals surface area (Å²) in [5.41, 5.74) is 13.1. The van der Waals surface area contributed by atoms with E-state index >= 15 is 0 Å². The van der Waals surface area contributed by atoms with Gasteiger partial charge in [0.1, 0.15) is 34.8 Å². The number of anilines is 5. The Labute approximate surface area is 486 Å². The van der Waals surface area contributed by atoms with Gasteiger partial charge < -0.3 is 24.2 Å². The molecule has 4 amide bonds. The molecular formula is C67H85N11O4.